The van der Waals surface area contributed by atoms with Gasteiger partial charge in [-0.3, -0.25) is 4.79 Å². The number of rotatable bonds is 5. The molecule has 1 amide bonds. The number of anilines is 2. The van der Waals surface area contributed by atoms with E-state index in [0.29, 0.717) is 11.7 Å². The molecule has 1 aliphatic heterocycles. The fourth-order valence-corrected chi connectivity index (χ4v) is 4.19. The Hall–Kier alpha value is -3.08. The zero-order chi connectivity index (χ0) is 21.1. The molecule has 2 heterocycles. The number of hydrogen-bond acceptors (Lipinski definition) is 4. The van der Waals surface area contributed by atoms with Crippen LogP contribution >= 0.6 is 0 Å². The van der Waals surface area contributed by atoms with Crippen LogP contribution in [0.15, 0.2) is 48.5 Å². The zero-order valence-corrected chi connectivity index (χ0v) is 17.9. The van der Waals surface area contributed by atoms with Gasteiger partial charge in [0.25, 0.3) is 5.91 Å². The third-order valence-corrected chi connectivity index (χ3v) is 5.51. The largest absolute Gasteiger partial charge is 0.481 e. The highest BCUT2D eigenvalue weighted by Crippen LogP contribution is 2.28. The standard InChI is InChI=1S/C25H29N3O2/c1-17-6-5-11-28(15-17)23-10-9-20-7-4-8-22(25(20)27-23)30-16-24(29)26-21-13-18(2)12-19(3)14-21/h4,7-10,12-14,17H,5-6,11,15-16H2,1-3H3,(H,26,29)/t17-/m1/s1. The van der Waals surface area contributed by atoms with E-state index in [9.17, 15) is 4.79 Å². The summed E-state index contributed by atoms with van der Waals surface area (Å²) < 4.78 is 5.88. The van der Waals surface area contributed by atoms with Crippen molar-refractivity contribution >= 4 is 28.3 Å². The molecule has 0 radical (unpaired) electrons. The van der Waals surface area contributed by atoms with Gasteiger partial charge in [0.05, 0.1) is 0 Å². The van der Waals surface area contributed by atoms with Gasteiger partial charge in [-0.1, -0.05) is 25.1 Å². The molecule has 5 nitrogen and oxygen atoms in total. The van der Waals surface area contributed by atoms with E-state index in [4.69, 9.17) is 9.72 Å². The Morgan fingerprint density at radius 2 is 1.97 bits per heavy atom. The first-order chi connectivity index (χ1) is 14.5. The van der Waals surface area contributed by atoms with Crippen molar-refractivity contribution in [2.75, 3.05) is 29.9 Å². The number of hydrogen-bond donors (Lipinski definition) is 1. The van der Waals surface area contributed by atoms with Gasteiger partial charge in [-0.05, 0) is 74.1 Å². The van der Waals surface area contributed by atoms with Crippen LogP contribution in [0.5, 0.6) is 5.75 Å². The van der Waals surface area contributed by atoms with Crippen LogP contribution in [0.4, 0.5) is 11.5 Å². The summed E-state index contributed by atoms with van der Waals surface area (Å²) in [5, 5.41) is 3.93. The Morgan fingerprint density at radius 1 is 1.17 bits per heavy atom. The van der Waals surface area contributed by atoms with E-state index in [1.807, 2.05) is 44.2 Å². The molecule has 0 aliphatic carbocycles. The second-order valence-electron chi connectivity index (χ2n) is 8.40. The number of piperidine rings is 1. The third-order valence-electron chi connectivity index (χ3n) is 5.51. The molecule has 5 heteroatoms. The number of benzene rings is 2. The monoisotopic (exact) mass is 403 g/mol. The van der Waals surface area contributed by atoms with Crippen LogP contribution in [0, 0.1) is 19.8 Å². The number of carbonyl (C=O) groups excluding carboxylic acids is 1. The number of carbonyl (C=O) groups is 1. The molecule has 3 aromatic rings. The number of pyridine rings is 1. The summed E-state index contributed by atoms with van der Waals surface area (Å²) in [5.41, 5.74) is 3.82. The minimum absolute atomic E-state index is 0.0568. The topological polar surface area (TPSA) is 54.5 Å². The normalized spacial score (nSPS) is 16.5. The van der Waals surface area contributed by atoms with Crippen molar-refractivity contribution in [2.45, 2.75) is 33.6 Å². The quantitative estimate of drug-likeness (QED) is 0.643. The van der Waals surface area contributed by atoms with Crippen molar-refractivity contribution < 1.29 is 9.53 Å². The van der Waals surface area contributed by atoms with Gasteiger partial charge in [0.15, 0.2) is 6.61 Å². The van der Waals surface area contributed by atoms with Gasteiger partial charge >= 0.3 is 0 Å². The van der Waals surface area contributed by atoms with Gasteiger partial charge < -0.3 is 15.0 Å². The van der Waals surface area contributed by atoms with Crippen LogP contribution in [0.25, 0.3) is 10.9 Å². The highest BCUT2D eigenvalue weighted by molar-refractivity contribution is 5.92. The van der Waals surface area contributed by atoms with Crippen LogP contribution < -0.4 is 15.0 Å². The van der Waals surface area contributed by atoms with Gasteiger partial charge in [0.1, 0.15) is 17.1 Å². The predicted molar refractivity (Wildman–Crippen MR) is 122 cm³/mol. The molecule has 0 saturated carbocycles. The maximum Gasteiger partial charge on any atom is 0.262 e. The second-order valence-corrected chi connectivity index (χ2v) is 8.40. The second kappa shape index (κ2) is 8.74. The maximum atomic E-state index is 12.4. The van der Waals surface area contributed by atoms with E-state index in [0.717, 1.165) is 46.6 Å². The SMILES string of the molecule is Cc1cc(C)cc(NC(=O)COc2cccc3ccc(N4CCC[C@@H](C)C4)nc23)c1. The molecule has 1 N–H and O–H groups in total. The number of aromatic nitrogens is 1. The lowest BCUT2D eigenvalue weighted by atomic mass is 10.0. The number of nitrogens with zero attached hydrogens (tertiary/aromatic N) is 2. The van der Waals surface area contributed by atoms with Crippen LogP contribution in [0.2, 0.25) is 0 Å². The Labute approximate surface area is 178 Å². The lowest BCUT2D eigenvalue weighted by molar-refractivity contribution is -0.118. The molecular formula is C25H29N3O2. The first-order valence-electron chi connectivity index (χ1n) is 10.6. The van der Waals surface area contributed by atoms with Crippen LogP contribution in [-0.4, -0.2) is 30.6 Å². The summed E-state index contributed by atoms with van der Waals surface area (Å²) in [6.07, 6.45) is 2.46. The number of fused-ring (bicyclic) bond motifs is 1. The van der Waals surface area contributed by atoms with Crippen molar-refractivity contribution in [1.29, 1.82) is 0 Å². The first-order valence-corrected chi connectivity index (χ1v) is 10.6. The van der Waals surface area contributed by atoms with Crippen LogP contribution in [0.3, 0.4) is 0 Å². The number of aryl methyl sites for hydroxylation is 2. The molecule has 2 aromatic carbocycles. The van der Waals surface area contributed by atoms with E-state index in [2.05, 4.69) is 35.3 Å². The van der Waals surface area contributed by atoms with E-state index in [1.165, 1.54) is 12.8 Å². The molecule has 1 fully saturated rings. The summed E-state index contributed by atoms with van der Waals surface area (Å²) in [7, 11) is 0. The van der Waals surface area contributed by atoms with Crippen LogP contribution in [-0.2, 0) is 4.79 Å². The van der Waals surface area contributed by atoms with Crippen molar-refractivity contribution in [2.24, 2.45) is 5.92 Å². The predicted octanol–water partition coefficient (Wildman–Crippen LogP) is 5.11. The molecule has 1 aliphatic rings. The van der Waals surface area contributed by atoms with E-state index in [1.54, 1.807) is 0 Å². The fourth-order valence-electron chi connectivity index (χ4n) is 4.19. The Balaban J connectivity index is 1.49. The number of nitrogens with one attached hydrogen (secondary N) is 1. The molecule has 0 spiro atoms. The Kier molecular flexibility index (Phi) is 5.88. The molecule has 4 rings (SSSR count). The highest BCUT2D eigenvalue weighted by atomic mass is 16.5. The van der Waals surface area contributed by atoms with Crippen molar-refractivity contribution in [3.63, 3.8) is 0 Å². The molecule has 0 bridgehead atoms. The van der Waals surface area contributed by atoms with Crippen molar-refractivity contribution in [3.8, 4) is 5.75 Å². The summed E-state index contributed by atoms with van der Waals surface area (Å²) in [5.74, 6) is 2.11. The van der Waals surface area contributed by atoms with Crippen molar-refractivity contribution in [1.82, 2.24) is 4.98 Å². The molecule has 156 valence electrons. The van der Waals surface area contributed by atoms with E-state index >= 15 is 0 Å². The highest BCUT2D eigenvalue weighted by Gasteiger charge is 2.18. The molecule has 1 atom stereocenters. The fraction of sp³-hybridized carbons (Fsp3) is 0.360. The summed E-state index contributed by atoms with van der Waals surface area (Å²) in [4.78, 5) is 19.7. The van der Waals surface area contributed by atoms with Crippen LogP contribution in [0.1, 0.15) is 30.9 Å². The number of amides is 1. The third kappa shape index (κ3) is 4.73. The minimum Gasteiger partial charge on any atom is -0.481 e. The van der Waals surface area contributed by atoms with Gasteiger partial charge in [-0.25, -0.2) is 4.98 Å². The van der Waals surface area contributed by atoms with E-state index in [-0.39, 0.29) is 12.5 Å². The lowest BCUT2D eigenvalue weighted by Gasteiger charge is -2.32. The van der Waals surface area contributed by atoms with Gasteiger partial charge in [0, 0.05) is 24.2 Å². The average Bonchev–Trinajstić information content (AvgIpc) is 2.71. The summed E-state index contributed by atoms with van der Waals surface area (Å²) in [6.45, 7) is 8.32. The lowest BCUT2D eigenvalue weighted by Crippen LogP contribution is -2.34. The average molecular weight is 404 g/mol. The van der Waals surface area contributed by atoms with Gasteiger partial charge in [-0.15, -0.1) is 0 Å². The number of ether oxygens (including phenoxy) is 1. The summed E-state index contributed by atoms with van der Waals surface area (Å²) in [6, 6.07) is 16.0. The smallest absolute Gasteiger partial charge is 0.262 e. The molecular weight excluding hydrogens is 374 g/mol. The van der Waals surface area contributed by atoms with Gasteiger partial charge in [0.2, 0.25) is 0 Å². The Morgan fingerprint density at radius 3 is 2.73 bits per heavy atom. The van der Waals surface area contributed by atoms with E-state index < -0.39 is 0 Å². The van der Waals surface area contributed by atoms with Gasteiger partial charge in [-0.2, -0.15) is 0 Å². The molecule has 1 saturated heterocycles. The minimum atomic E-state index is -0.182. The summed E-state index contributed by atoms with van der Waals surface area (Å²) >= 11 is 0. The van der Waals surface area contributed by atoms with Crippen molar-refractivity contribution in [3.05, 3.63) is 59.7 Å². The maximum absolute atomic E-state index is 12.4. The molecule has 30 heavy (non-hydrogen) atoms. The zero-order valence-electron chi connectivity index (χ0n) is 17.9. The molecule has 0 unspecified atom stereocenters. The first kappa shape index (κ1) is 20.2. The molecule has 1 aromatic heterocycles. The number of para-hydroxylation sites is 1. The Bertz CT molecular complexity index is 1040.